The van der Waals surface area contributed by atoms with Crippen molar-refractivity contribution in [3.05, 3.63) is 65.7 Å². The fourth-order valence-corrected chi connectivity index (χ4v) is 5.75. The molecule has 38 heavy (non-hydrogen) atoms. The molecular weight excluding hydrogens is 499 g/mol. The lowest BCUT2D eigenvalue weighted by molar-refractivity contribution is -0.274. The molecule has 5 rings (SSSR count). The second-order valence-electron chi connectivity index (χ2n) is 10.1. The molecule has 0 aromatic heterocycles. The van der Waals surface area contributed by atoms with Crippen molar-refractivity contribution in [2.45, 2.75) is 56.8 Å². The summed E-state index contributed by atoms with van der Waals surface area (Å²) in [7, 11) is 0. The molecule has 0 aliphatic carbocycles. The third-order valence-corrected chi connectivity index (χ3v) is 7.60. The summed E-state index contributed by atoms with van der Waals surface area (Å²) in [5.74, 6) is -0.228. The van der Waals surface area contributed by atoms with Gasteiger partial charge >= 0.3 is 6.36 Å². The van der Waals surface area contributed by atoms with Crippen molar-refractivity contribution < 1.29 is 32.2 Å². The lowest BCUT2D eigenvalue weighted by Crippen LogP contribution is -2.53. The molecule has 0 N–H and O–H groups in total. The molecule has 3 aliphatic heterocycles. The van der Waals surface area contributed by atoms with E-state index in [0.717, 1.165) is 31.5 Å². The summed E-state index contributed by atoms with van der Waals surface area (Å²) in [5.41, 5.74) is 1.94. The van der Waals surface area contributed by atoms with E-state index in [2.05, 4.69) is 21.8 Å². The number of hydrogen-bond donors (Lipinski definition) is 0. The van der Waals surface area contributed by atoms with Gasteiger partial charge in [-0.3, -0.25) is 14.5 Å². The Bertz CT molecular complexity index is 1110. The Morgan fingerprint density at radius 1 is 0.974 bits per heavy atom. The molecule has 2 amide bonds. The Balaban J connectivity index is 1.16. The first-order valence-electron chi connectivity index (χ1n) is 13.1. The van der Waals surface area contributed by atoms with Crippen molar-refractivity contribution in [1.82, 2.24) is 14.7 Å². The SMILES string of the molecule is O=C([C@@H]1CCCN1Cc1ccccc1)N1C[C@H]2OCCN(C(=O)CCc3ccc(OC(F)(F)F)cc3)[C@H]2C1. The van der Waals surface area contributed by atoms with Crippen LogP contribution >= 0.6 is 0 Å². The maximum absolute atomic E-state index is 13.5. The molecule has 0 saturated carbocycles. The first kappa shape index (κ1) is 26.5. The van der Waals surface area contributed by atoms with Crippen LogP contribution in [0.2, 0.25) is 0 Å². The molecule has 3 atom stereocenters. The van der Waals surface area contributed by atoms with Crippen LogP contribution in [0, 0.1) is 0 Å². The van der Waals surface area contributed by atoms with E-state index in [9.17, 15) is 22.8 Å². The predicted molar refractivity (Wildman–Crippen MR) is 133 cm³/mol. The molecule has 3 fully saturated rings. The van der Waals surface area contributed by atoms with Gasteiger partial charge in [0.05, 0.1) is 24.8 Å². The van der Waals surface area contributed by atoms with Crippen LogP contribution in [0.25, 0.3) is 0 Å². The zero-order valence-electron chi connectivity index (χ0n) is 21.1. The van der Waals surface area contributed by atoms with Crippen molar-refractivity contribution in [2.75, 3.05) is 32.8 Å². The average molecular weight is 532 g/mol. The van der Waals surface area contributed by atoms with Crippen molar-refractivity contribution in [1.29, 1.82) is 0 Å². The van der Waals surface area contributed by atoms with Gasteiger partial charge in [0.2, 0.25) is 11.8 Å². The van der Waals surface area contributed by atoms with Crippen molar-refractivity contribution in [3.8, 4) is 5.75 Å². The minimum atomic E-state index is -4.74. The predicted octanol–water partition coefficient (Wildman–Crippen LogP) is 3.62. The number of likely N-dealkylation sites (tertiary alicyclic amines) is 2. The van der Waals surface area contributed by atoms with Crippen LogP contribution in [0.4, 0.5) is 13.2 Å². The number of halogens is 3. The molecule has 7 nitrogen and oxygen atoms in total. The van der Waals surface area contributed by atoms with E-state index in [1.54, 1.807) is 0 Å². The highest BCUT2D eigenvalue weighted by molar-refractivity contribution is 5.83. The lowest BCUT2D eigenvalue weighted by Gasteiger charge is -2.36. The van der Waals surface area contributed by atoms with Gasteiger partial charge in [0.1, 0.15) is 5.75 Å². The molecule has 3 aliphatic rings. The Hall–Kier alpha value is -3.11. The Labute approximate surface area is 220 Å². The van der Waals surface area contributed by atoms with Crippen LogP contribution in [0.15, 0.2) is 54.6 Å². The summed E-state index contributed by atoms with van der Waals surface area (Å²) >= 11 is 0. The van der Waals surface area contributed by atoms with E-state index >= 15 is 0 Å². The van der Waals surface area contributed by atoms with Crippen LogP contribution in [-0.2, 0) is 27.3 Å². The fraction of sp³-hybridized carbons (Fsp3) is 0.500. The standard InChI is InChI=1S/C28H32F3N3O4/c29-28(30,31)38-22-11-8-20(9-12-22)10-13-26(35)34-15-16-37-25-19-33(18-24(25)34)27(36)23-7-4-14-32(23)17-21-5-2-1-3-6-21/h1-3,5-6,8-9,11-12,23-25H,4,7,10,13-19H2/t23-,24-,25+/m0/s1. The van der Waals surface area contributed by atoms with Gasteiger partial charge in [-0.1, -0.05) is 42.5 Å². The van der Waals surface area contributed by atoms with Gasteiger partial charge in [-0.15, -0.1) is 13.2 Å². The number of nitrogens with zero attached hydrogens (tertiary/aromatic N) is 3. The van der Waals surface area contributed by atoms with Crippen molar-refractivity contribution in [2.24, 2.45) is 0 Å². The summed E-state index contributed by atoms with van der Waals surface area (Å²) in [6.07, 6.45) is -2.51. The van der Waals surface area contributed by atoms with E-state index in [-0.39, 0.29) is 42.2 Å². The smallest absolute Gasteiger partial charge is 0.406 e. The number of alkyl halides is 3. The van der Waals surface area contributed by atoms with Gasteiger partial charge in [-0.2, -0.15) is 0 Å². The second kappa shape index (κ2) is 11.3. The number of rotatable bonds is 7. The van der Waals surface area contributed by atoms with E-state index in [1.165, 1.54) is 29.8 Å². The average Bonchev–Trinajstić information content (AvgIpc) is 3.54. The molecule has 0 radical (unpaired) electrons. The number of carbonyl (C=O) groups excluding carboxylic acids is 2. The zero-order chi connectivity index (χ0) is 26.7. The molecule has 0 unspecified atom stereocenters. The highest BCUT2D eigenvalue weighted by Gasteiger charge is 2.45. The van der Waals surface area contributed by atoms with Crippen molar-refractivity contribution in [3.63, 3.8) is 0 Å². The first-order valence-corrected chi connectivity index (χ1v) is 13.1. The number of amides is 2. The Morgan fingerprint density at radius 3 is 2.47 bits per heavy atom. The summed E-state index contributed by atoms with van der Waals surface area (Å²) in [6.45, 7) is 3.43. The summed E-state index contributed by atoms with van der Waals surface area (Å²) in [5, 5.41) is 0. The molecule has 2 aromatic rings. The topological polar surface area (TPSA) is 62.3 Å². The maximum atomic E-state index is 13.5. The van der Waals surface area contributed by atoms with Crippen LogP contribution in [0.1, 0.15) is 30.4 Å². The summed E-state index contributed by atoms with van der Waals surface area (Å²) < 4.78 is 47.0. The number of hydrogen-bond acceptors (Lipinski definition) is 5. The number of ether oxygens (including phenoxy) is 2. The van der Waals surface area contributed by atoms with Gasteiger partial charge in [0, 0.05) is 32.6 Å². The van der Waals surface area contributed by atoms with Gasteiger partial charge in [0.25, 0.3) is 0 Å². The molecule has 3 heterocycles. The van der Waals surface area contributed by atoms with Gasteiger partial charge in [-0.25, -0.2) is 0 Å². The number of morpholine rings is 1. The Kier molecular flexibility index (Phi) is 7.90. The second-order valence-corrected chi connectivity index (χ2v) is 10.1. The third-order valence-electron chi connectivity index (χ3n) is 7.60. The molecule has 2 aromatic carbocycles. The third kappa shape index (κ3) is 6.30. The van der Waals surface area contributed by atoms with Crippen LogP contribution in [-0.4, -0.2) is 83.9 Å². The normalized spacial score (nSPS) is 23.9. The fourth-order valence-electron chi connectivity index (χ4n) is 5.75. The minimum absolute atomic E-state index is 0.0419. The van der Waals surface area contributed by atoms with Crippen LogP contribution < -0.4 is 4.74 Å². The lowest BCUT2D eigenvalue weighted by atomic mass is 10.1. The summed E-state index contributed by atoms with van der Waals surface area (Å²) in [6, 6.07) is 15.4. The number of aryl methyl sites for hydroxylation is 1. The van der Waals surface area contributed by atoms with Crippen molar-refractivity contribution >= 4 is 11.8 Å². The number of carbonyl (C=O) groups is 2. The molecule has 0 spiro atoms. The van der Waals surface area contributed by atoms with Crippen LogP contribution in [0.3, 0.4) is 0 Å². The molecule has 204 valence electrons. The molecule has 3 saturated heterocycles. The highest BCUT2D eigenvalue weighted by Crippen LogP contribution is 2.28. The van der Waals surface area contributed by atoms with E-state index in [0.29, 0.717) is 32.7 Å². The molecular formula is C28H32F3N3O4. The zero-order valence-corrected chi connectivity index (χ0v) is 21.1. The maximum Gasteiger partial charge on any atom is 0.573 e. The monoisotopic (exact) mass is 531 g/mol. The largest absolute Gasteiger partial charge is 0.573 e. The van der Waals surface area contributed by atoms with E-state index < -0.39 is 6.36 Å². The number of benzene rings is 2. The van der Waals surface area contributed by atoms with E-state index in [4.69, 9.17) is 4.74 Å². The summed E-state index contributed by atoms with van der Waals surface area (Å²) in [4.78, 5) is 32.6. The van der Waals surface area contributed by atoms with Crippen LogP contribution in [0.5, 0.6) is 5.75 Å². The molecule has 0 bridgehead atoms. The highest BCUT2D eigenvalue weighted by atomic mass is 19.4. The quantitative estimate of drug-likeness (QED) is 0.546. The van der Waals surface area contributed by atoms with E-state index in [1.807, 2.05) is 28.0 Å². The van der Waals surface area contributed by atoms with Gasteiger partial charge in [-0.05, 0) is 49.1 Å². The molecule has 10 heteroatoms. The van der Waals surface area contributed by atoms with Gasteiger partial charge < -0.3 is 19.3 Å². The first-order chi connectivity index (χ1) is 18.3. The minimum Gasteiger partial charge on any atom is -0.406 e. The van der Waals surface area contributed by atoms with Gasteiger partial charge in [0.15, 0.2) is 0 Å². The number of fused-ring (bicyclic) bond motifs is 1. The Morgan fingerprint density at radius 2 is 1.74 bits per heavy atom.